The van der Waals surface area contributed by atoms with Crippen LogP contribution in [-0.2, 0) is 16.0 Å². The number of aromatic nitrogens is 1. The molecule has 0 spiro atoms. The molecule has 0 radical (unpaired) electrons. The molecule has 25 heavy (non-hydrogen) atoms. The number of hydrogen-bond donors (Lipinski definition) is 0. The number of aryl methyl sites for hydroxylation is 1. The zero-order valence-electron chi connectivity index (χ0n) is 14.2. The number of likely N-dealkylation sites (tertiary alicyclic amines) is 1. The second-order valence-corrected chi connectivity index (χ2v) is 6.98. The van der Waals surface area contributed by atoms with Crippen molar-refractivity contribution in [2.45, 2.75) is 13.3 Å². The average Bonchev–Trinajstić information content (AvgIpc) is 3.00. The van der Waals surface area contributed by atoms with Crippen LogP contribution in [0.15, 0.2) is 48.4 Å². The van der Waals surface area contributed by atoms with E-state index in [0.717, 1.165) is 17.2 Å². The minimum absolute atomic E-state index is 0.0402. The van der Waals surface area contributed by atoms with Crippen molar-refractivity contribution in [2.75, 3.05) is 24.5 Å². The molecular weight excluding hydrogens is 334 g/mol. The van der Waals surface area contributed by atoms with E-state index in [4.69, 9.17) is 0 Å². The zero-order valence-corrected chi connectivity index (χ0v) is 15.0. The van der Waals surface area contributed by atoms with Crippen molar-refractivity contribution < 1.29 is 9.59 Å². The summed E-state index contributed by atoms with van der Waals surface area (Å²) in [4.78, 5) is 32.4. The van der Waals surface area contributed by atoms with Gasteiger partial charge in [-0.3, -0.25) is 14.5 Å². The molecule has 2 amide bonds. The summed E-state index contributed by atoms with van der Waals surface area (Å²) in [6, 6.07) is 10.1. The highest BCUT2D eigenvalue weighted by Gasteiger charge is 2.38. The second kappa shape index (κ2) is 7.61. The zero-order chi connectivity index (χ0) is 17.8. The molecule has 1 saturated heterocycles. The van der Waals surface area contributed by atoms with Crippen molar-refractivity contribution in [1.82, 2.24) is 9.88 Å². The molecule has 1 aliphatic heterocycles. The summed E-state index contributed by atoms with van der Waals surface area (Å²) < 4.78 is 0. The normalized spacial score (nSPS) is 14.0. The van der Waals surface area contributed by atoms with Gasteiger partial charge in [-0.15, -0.1) is 11.3 Å². The van der Waals surface area contributed by atoms with Gasteiger partial charge < -0.3 is 4.90 Å². The minimum Gasteiger partial charge on any atom is -0.337 e. The summed E-state index contributed by atoms with van der Waals surface area (Å²) >= 11 is 1.48. The number of benzene rings is 1. The molecule has 3 rings (SSSR count). The Bertz CT molecular complexity index is 766. The third kappa shape index (κ3) is 3.96. The monoisotopic (exact) mass is 355 g/mol. The molecule has 0 aliphatic carbocycles. The lowest BCUT2D eigenvalue weighted by Gasteiger charge is -2.39. The van der Waals surface area contributed by atoms with E-state index in [1.165, 1.54) is 23.0 Å². The fourth-order valence-electron chi connectivity index (χ4n) is 2.82. The predicted molar refractivity (Wildman–Crippen MR) is 99.6 cm³/mol. The lowest BCUT2D eigenvalue weighted by atomic mass is 9.98. The van der Waals surface area contributed by atoms with Crippen molar-refractivity contribution in [3.63, 3.8) is 0 Å². The first-order valence-corrected chi connectivity index (χ1v) is 9.15. The van der Waals surface area contributed by atoms with Gasteiger partial charge in [-0.25, -0.2) is 4.98 Å². The first-order chi connectivity index (χ1) is 12.1. The molecule has 2 heterocycles. The summed E-state index contributed by atoms with van der Waals surface area (Å²) in [6.45, 7) is 6.90. The van der Waals surface area contributed by atoms with Crippen molar-refractivity contribution in [3.8, 4) is 0 Å². The van der Waals surface area contributed by atoms with Gasteiger partial charge in [-0.2, -0.15) is 0 Å². The number of nitrogens with zero attached hydrogens (tertiary/aromatic N) is 3. The molecule has 5 nitrogen and oxygen atoms in total. The Morgan fingerprint density at radius 2 is 2.08 bits per heavy atom. The van der Waals surface area contributed by atoms with Crippen molar-refractivity contribution in [2.24, 2.45) is 5.92 Å². The lowest BCUT2D eigenvalue weighted by Crippen LogP contribution is -2.56. The number of anilines is 1. The summed E-state index contributed by atoms with van der Waals surface area (Å²) in [5.41, 5.74) is 2.10. The summed E-state index contributed by atoms with van der Waals surface area (Å²) in [7, 11) is 0. The maximum absolute atomic E-state index is 12.9. The third-order valence-electron chi connectivity index (χ3n) is 4.29. The van der Waals surface area contributed by atoms with E-state index in [1.807, 2.05) is 30.5 Å². The first kappa shape index (κ1) is 17.4. The predicted octanol–water partition coefficient (Wildman–Crippen LogP) is 2.67. The molecule has 1 aromatic carbocycles. The summed E-state index contributed by atoms with van der Waals surface area (Å²) in [6.07, 6.45) is 2.06. The summed E-state index contributed by atoms with van der Waals surface area (Å²) in [5, 5.41) is 2.68. The molecule has 1 aromatic heterocycles. The highest BCUT2D eigenvalue weighted by atomic mass is 32.1. The van der Waals surface area contributed by atoms with E-state index in [0.29, 0.717) is 19.6 Å². The van der Waals surface area contributed by atoms with E-state index in [-0.39, 0.29) is 17.7 Å². The molecule has 0 saturated carbocycles. The molecule has 0 N–H and O–H groups in total. The standard InChI is InChI=1S/C19H21N3O2S/c1-3-17(23)21-11-16(12-21)18(24)22(19-20-14(2)13-25-19)10-9-15-7-5-4-6-8-15/h3-8,13,16H,1,9-12H2,2H3. The number of thiazole rings is 1. The molecule has 2 aromatic rings. The molecule has 0 bridgehead atoms. The number of hydrogen-bond acceptors (Lipinski definition) is 4. The largest absolute Gasteiger partial charge is 0.337 e. The van der Waals surface area contributed by atoms with Crippen LogP contribution in [0.5, 0.6) is 0 Å². The molecule has 6 heteroatoms. The van der Waals surface area contributed by atoms with Crippen molar-refractivity contribution in [1.29, 1.82) is 0 Å². The van der Waals surface area contributed by atoms with Gasteiger partial charge in [-0.1, -0.05) is 36.9 Å². The molecule has 0 atom stereocenters. The van der Waals surface area contributed by atoms with Crippen LogP contribution >= 0.6 is 11.3 Å². The SMILES string of the molecule is C=CC(=O)N1CC(C(=O)N(CCc2ccccc2)c2nc(C)cs2)C1. The van der Waals surface area contributed by atoms with E-state index >= 15 is 0 Å². The maximum Gasteiger partial charge on any atom is 0.246 e. The van der Waals surface area contributed by atoms with Crippen LogP contribution in [-0.4, -0.2) is 41.3 Å². The quantitative estimate of drug-likeness (QED) is 0.749. The topological polar surface area (TPSA) is 53.5 Å². The van der Waals surface area contributed by atoms with Crippen LogP contribution < -0.4 is 4.90 Å². The average molecular weight is 355 g/mol. The van der Waals surface area contributed by atoms with Gasteiger partial charge in [0.15, 0.2) is 5.13 Å². The van der Waals surface area contributed by atoms with Crippen molar-refractivity contribution in [3.05, 3.63) is 59.6 Å². The highest BCUT2D eigenvalue weighted by molar-refractivity contribution is 7.14. The smallest absolute Gasteiger partial charge is 0.246 e. The van der Waals surface area contributed by atoms with Gasteiger partial charge in [0.25, 0.3) is 0 Å². The number of carbonyl (C=O) groups excluding carboxylic acids is 2. The van der Waals surface area contributed by atoms with Gasteiger partial charge in [0.05, 0.1) is 11.6 Å². The maximum atomic E-state index is 12.9. The summed E-state index contributed by atoms with van der Waals surface area (Å²) in [5.74, 6) is -0.243. The lowest BCUT2D eigenvalue weighted by molar-refractivity contribution is -0.138. The molecule has 1 aliphatic rings. The Morgan fingerprint density at radius 3 is 2.68 bits per heavy atom. The van der Waals surface area contributed by atoms with Gasteiger partial charge in [0, 0.05) is 25.0 Å². The first-order valence-electron chi connectivity index (χ1n) is 8.27. The van der Waals surface area contributed by atoms with Crippen LogP contribution in [0.25, 0.3) is 0 Å². The number of rotatable bonds is 6. The molecule has 0 unspecified atom stereocenters. The molecular formula is C19H21N3O2S. The van der Waals surface area contributed by atoms with Gasteiger partial charge in [0.1, 0.15) is 0 Å². The Labute approximate surface area is 151 Å². The van der Waals surface area contributed by atoms with Crippen LogP contribution in [0.3, 0.4) is 0 Å². The number of carbonyl (C=O) groups is 2. The van der Waals surface area contributed by atoms with Gasteiger partial charge in [0.2, 0.25) is 11.8 Å². The van der Waals surface area contributed by atoms with E-state index in [1.54, 1.807) is 9.80 Å². The Kier molecular flexibility index (Phi) is 5.28. The van der Waals surface area contributed by atoms with Gasteiger partial charge in [-0.05, 0) is 25.0 Å². The highest BCUT2D eigenvalue weighted by Crippen LogP contribution is 2.26. The fourth-order valence-corrected chi connectivity index (χ4v) is 3.65. The van der Waals surface area contributed by atoms with Crippen LogP contribution in [0, 0.1) is 12.8 Å². The van der Waals surface area contributed by atoms with E-state index in [2.05, 4.69) is 23.7 Å². The third-order valence-corrected chi connectivity index (χ3v) is 5.27. The minimum atomic E-state index is -0.163. The Balaban J connectivity index is 1.69. The van der Waals surface area contributed by atoms with Crippen LogP contribution in [0.1, 0.15) is 11.3 Å². The van der Waals surface area contributed by atoms with Gasteiger partial charge >= 0.3 is 0 Å². The Hall–Kier alpha value is -2.47. The van der Waals surface area contributed by atoms with Crippen molar-refractivity contribution >= 4 is 28.3 Å². The van der Waals surface area contributed by atoms with E-state index in [9.17, 15) is 9.59 Å². The van der Waals surface area contributed by atoms with E-state index < -0.39 is 0 Å². The fraction of sp³-hybridized carbons (Fsp3) is 0.316. The Morgan fingerprint density at radius 1 is 1.36 bits per heavy atom. The second-order valence-electron chi connectivity index (χ2n) is 6.14. The van der Waals surface area contributed by atoms with Crippen LogP contribution in [0.4, 0.5) is 5.13 Å². The molecule has 1 fully saturated rings. The number of amides is 2. The molecule has 130 valence electrons. The van der Waals surface area contributed by atoms with Crippen LogP contribution in [0.2, 0.25) is 0 Å².